The monoisotopic (exact) mass is 393 g/mol. The summed E-state index contributed by atoms with van der Waals surface area (Å²) in [6.45, 7) is 7.74. The highest BCUT2D eigenvalue weighted by Gasteiger charge is 2.34. The molecular weight excluding hydrogens is 370 g/mol. The molecule has 28 heavy (non-hydrogen) atoms. The molecule has 3 rings (SSSR count). The van der Waals surface area contributed by atoms with E-state index in [1.807, 2.05) is 68.4 Å². The highest BCUT2D eigenvalue weighted by Crippen LogP contribution is 2.31. The second-order valence-corrected chi connectivity index (χ2v) is 7.73. The summed E-state index contributed by atoms with van der Waals surface area (Å²) >= 11 is 1.43. The maximum atomic E-state index is 13.2. The van der Waals surface area contributed by atoms with Gasteiger partial charge in [-0.3, -0.25) is 9.59 Å². The van der Waals surface area contributed by atoms with Crippen LogP contribution in [0.15, 0.2) is 67.3 Å². The van der Waals surface area contributed by atoms with Crippen molar-refractivity contribution in [3.05, 3.63) is 77.8 Å². The second-order valence-electron chi connectivity index (χ2n) is 6.67. The highest BCUT2D eigenvalue weighted by atomic mass is 32.1. The maximum absolute atomic E-state index is 13.2. The van der Waals surface area contributed by atoms with Crippen LogP contribution in [0.2, 0.25) is 0 Å². The topological polar surface area (TPSA) is 62.3 Å². The third kappa shape index (κ3) is 4.28. The van der Waals surface area contributed by atoms with E-state index in [9.17, 15) is 9.59 Å². The van der Waals surface area contributed by atoms with Crippen LogP contribution in [0.5, 0.6) is 0 Å². The lowest BCUT2D eigenvalue weighted by atomic mass is 10.1. The minimum atomic E-state index is -0.813. The van der Waals surface area contributed by atoms with Gasteiger partial charge in [0.2, 0.25) is 11.8 Å². The Morgan fingerprint density at radius 1 is 1.14 bits per heavy atom. The fraction of sp³-hybridized carbons (Fsp3) is 0.227. The lowest BCUT2D eigenvalue weighted by molar-refractivity contribution is -0.139. The molecule has 0 aliphatic rings. The van der Waals surface area contributed by atoms with Gasteiger partial charge in [0.1, 0.15) is 5.01 Å². The van der Waals surface area contributed by atoms with Gasteiger partial charge in [-0.2, -0.15) is 0 Å². The average Bonchev–Trinajstić information content (AvgIpc) is 3.13. The molecular formula is C22H23N3O2S. The van der Waals surface area contributed by atoms with Gasteiger partial charge in [0.15, 0.2) is 6.04 Å². The van der Waals surface area contributed by atoms with Gasteiger partial charge in [-0.15, -0.1) is 11.3 Å². The van der Waals surface area contributed by atoms with E-state index in [2.05, 4.69) is 16.9 Å². The van der Waals surface area contributed by atoms with Crippen LogP contribution in [-0.4, -0.2) is 27.7 Å². The van der Waals surface area contributed by atoms with Gasteiger partial charge in [-0.05, 0) is 37.6 Å². The van der Waals surface area contributed by atoms with E-state index in [0.29, 0.717) is 11.6 Å². The number of hydrogen-bond donors (Lipinski definition) is 1. The number of benzene rings is 2. The molecule has 1 atom stereocenters. The third-order valence-corrected chi connectivity index (χ3v) is 5.45. The van der Waals surface area contributed by atoms with Crippen molar-refractivity contribution in [2.24, 2.45) is 0 Å². The molecule has 144 valence electrons. The van der Waals surface area contributed by atoms with Crippen molar-refractivity contribution in [1.29, 1.82) is 0 Å². The molecule has 0 fully saturated rings. The van der Waals surface area contributed by atoms with Gasteiger partial charge < -0.3 is 10.2 Å². The summed E-state index contributed by atoms with van der Waals surface area (Å²) in [6.07, 6.45) is 1.24. The van der Waals surface area contributed by atoms with Crippen LogP contribution in [0.4, 0.5) is 0 Å². The van der Waals surface area contributed by atoms with Crippen molar-refractivity contribution < 1.29 is 9.59 Å². The summed E-state index contributed by atoms with van der Waals surface area (Å²) in [5, 5.41) is 3.55. The first-order chi connectivity index (χ1) is 13.5. The van der Waals surface area contributed by atoms with E-state index < -0.39 is 6.04 Å². The van der Waals surface area contributed by atoms with Gasteiger partial charge in [-0.25, -0.2) is 4.98 Å². The predicted octanol–water partition coefficient (Wildman–Crippen LogP) is 4.08. The molecule has 1 N–H and O–H groups in total. The van der Waals surface area contributed by atoms with Gasteiger partial charge in [0.05, 0.1) is 10.2 Å². The van der Waals surface area contributed by atoms with E-state index >= 15 is 0 Å². The first-order valence-electron chi connectivity index (χ1n) is 9.13. The van der Waals surface area contributed by atoms with Crippen molar-refractivity contribution in [3.8, 4) is 0 Å². The zero-order valence-corrected chi connectivity index (χ0v) is 16.8. The fourth-order valence-corrected chi connectivity index (χ4v) is 4.10. The Hall–Kier alpha value is -2.99. The number of thiazole rings is 1. The number of fused-ring (bicyclic) bond motifs is 1. The number of amides is 2. The molecule has 1 unspecified atom stereocenters. The van der Waals surface area contributed by atoms with Gasteiger partial charge in [-0.1, -0.05) is 49.0 Å². The largest absolute Gasteiger partial charge is 0.350 e. The van der Waals surface area contributed by atoms with Crippen molar-refractivity contribution in [3.63, 3.8) is 0 Å². The van der Waals surface area contributed by atoms with Crippen molar-refractivity contribution in [1.82, 2.24) is 15.2 Å². The van der Waals surface area contributed by atoms with E-state index in [-0.39, 0.29) is 17.9 Å². The van der Waals surface area contributed by atoms with E-state index in [1.54, 1.807) is 0 Å². The Morgan fingerprint density at radius 2 is 1.82 bits per heavy atom. The predicted molar refractivity (Wildman–Crippen MR) is 113 cm³/mol. The van der Waals surface area contributed by atoms with E-state index in [1.165, 1.54) is 22.3 Å². The Bertz CT molecular complexity index is 949. The zero-order chi connectivity index (χ0) is 20.1. The van der Waals surface area contributed by atoms with Crippen LogP contribution in [-0.2, 0) is 16.1 Å². The molecule has 0 saturated heterocycles. The zero-order valence-electron chi connectivity index (χ0n) is 16.0. The molecule has 2 amide bonds. The molecule has 1 heterocycles. The molecule has 0 saturated carbocycles. The molecule has 0 spiro atoms. The van der Waals surface area contributed by atoms with Crippen LogP contribution in [0.1, 0.15) is 30.5 Å². The number of hydrogen-bond acceptors (Lipinski definition) is 4. The van der Waals surface area contributed by atoms with Gasteiger partial charge >= 0.3 is 0 Å². The minimum absolute atomic E-state index is 0.190. The summed E-state index contributed by atoms with van der Waals surface area (Å²) < 4.78 is 0.980. The summed E-state index contributed by atoms with van der Waals surface area (Å²) in [5.41, 5.74) is 1.81. The lowest BCUT2D eigenvalue weighted by Gasteiger charge is -2.32. The summed E-state index contributed by atoms with van der Waals surface area (Å²) in [7, 11) is 0. The second kappa shape index (κ2) is 8.80. The van der Waals surface area contributed by atoms with E-state index in [0.717, 1.165) is 15.8 Å². The normalized spacial score (nSPS) is 12.0. The molecule has 5 nitrogen and oxygen atoms in total. The van der Waals surface area contributed by atoms with Crippen molar-refractivity contribution in [2.45, 2.75) is 32.5 Å². The number of rotatable bonds is 7. The average molecular weight is 394 g/mol. The first-order valence-corrected chi connectivity index (χ1v) is 9.94. The number of nitrogens with zero attached hydrogens (tertiary/aromatic N) is 2. The Balaban J connectivity index is 1.96. The molecule has 3 aromatic rings. The van der Waals surface area contributed by atoms with E-state index in [4.69, 9.17) is 0 Å². The maximum Gasteiger partial charge on any atom is 0.250 e. The quantitative estimate of drug-likeness (QED) is 0.615. The molecule has 2 aromatic carbocycles. The molecule has 0 aliphatic heterocycles. The Morgan fingerprint density at radius 3 is 2.46 bits per heavy atom. The molecule has 0 bridgehead atoms. The fourth-order valence-electron chi connectivity index (χ4n) is 3.03. The van der Waals surface area contributed by atoms with Crippen LogP contribution in [0.25, 0.3) is 10.2 Å². The Kier molecular flexibility index (Phi) is 6.21. The number of nitrogens with one attached hydrogen (secondary N) is 1. The van der Waals surface area contributed by atoms with Crippen LogP contribution >= 0.6 is 11.3 Å². The Labute approximate surface area is 168 Å². The van der Waals surface area contributed by atoms with Gasteiger partial charge in [0.25, 0.3) is 0 Å². The van der Waals surface area contributed by atoms with Crippen LogP contribution in [0, 0.1) is 0 Å². The number of carbonyl (C=O) groups excluding carboxylic acids is 2. The highest BCUT2D eigenvalue weighted by molar-refractivity contribution is 7.18. The van der Waals surface area contributed by atoms with Crippen LogP contribution in [0.3, 0.4) is 0 Å². The SMILES string of the molecule is C=CC(=O)N(C(C)C)C(C(=O)NCc1ccccc1)c1nc2ccccc2s1. The lowest BCUT2D eigenvalue weighted by Crippen LogP contribution is -2.46. The molecule has 0 aliphatic carbocycles. The summed E-state index contributed by atoms with van der Waals surface area (Å²) in [6, 6.07) is 16.4. The van der Waals surface area contributed by atoms with Crippen molar-refractivity contribution >= 4 is 33.4 Å². The molecule has 0 radical (unpaired) electrons. The third-order valence-electron chi connectivity index (χ3n) is 4.37. The van der Waals surface area contributed by atoms with Crippen molar-refractivity contribution in [2.75, 3.05) is 0 Å². The minimum Gasteiger partial charge on any atom is -0.350 e. The van der Waals surface area contributed by atoms with Crippen LogP contribution < -0.4 is 5.32 Å². The number of carbonyl (C=O) groups is 2. The number of aromatic nitrogens is 1. The smallest absolute Gasteiger partial charge is 0.250 e. The summed E-state index contributed by atoms with van der Waals surface area (Å²) in [5.74, 6) is -0.555. The number of para-hydroxylation sites is 1. The van der Waals surface area contributed by atoms with Gasteiger partial charge in [0, 0.05) is 12.6 Å². The molecule has 1 aromatic heterocycles. The molecule has 6 heteroatoms. The summed E-state index contributed by atoms with van der Waals surface area (Å²) in [4.78, 5) is 31.9. The first kappa shape index (κ1) is 19.8. The standard InChI is InChI=1S/C22H23N3O2S/c1-4-19(26)25(15(2)3)20(21(27)23-14-16-10-6-5-7-11-16)22-24-17-12-8-9-13-18(17)28-22/h4-13,15,20H,1,14H2,2-3H3,(H,23,27).